The van der Waals surface area contributed by atoms with E-state index in [0.29, 0.717) is 18.7 Å². The second kappa shape index (κ2) is 7.28. The molecule has 1 aliphatic carbocycles. The van der Waals surface area contributed by atoms with Crippen LogP contribution < -0.4 is 5.32 Å². The van der Waals surface area contributed by atoms with Crippen LogP contribution >= 0.6 is 0 Å². The molecule has 0 saturated carbocycles. The Bertz CT molecular complexity index is 798. The molecule has 1 fully saturated rings. The number of fused-ring (bicyclic) bond motifs is 1. The van der Waals surface area contributed by atoms with Crippen LogP contribution in [0.5, 0.6) is 0 Å². The molecule has 1 atom stereocenters. The summed E-state index contributed by atoms with van der Waals surface area (Å²) in [6, 6.07) is 11.9. The highest BCUT2D eigenvalue weighted by Gasteiger charge is 2.33. The van der Waals surface area contributed by atoms with Gasteiger partial charge in [-0.05, 0) is 48.9 Å². The van der Waals surface area contributed by atoms with Crippen LogP contribution in [0.2, 0.25) is 0 Å². The highest BCUT2D eigenvalue weighted by atomic mass is 16.2. The average molecular weight is 349 g/mol. The molecule has 1 N–H and O–H groups in total. The molecule has 2 amide bonds. The molecule has 5 heteroatoms. The summed E-state index contributed by atoms with van der Waals surface area (Å²) in [7, 11) is 0. The van der Waals surface area contributed by atoms with Gasteiger partial charge in [0.2, 0.25) is 5.91 Å². The molecule has 4 rings (SSSR count). The Morgan fingerprint density at radius 3 is 2.62 bits per heavy atom. The predicted molar refractivity (Wildman–Crippen MR) is 98.8 cm³/mol. The zero-order valence-electron chi connectivity index (χ0n) is 14.7. The third-order valence-electron chi connectivity index (χ3n) is 5.50. The number of carbonyl (C=O) groups is 2. The summed E-state index contributed by atoms with van der Waals surface area (Å²) in [4.78, 5) is 31.1. The Balaban J connectivity index is 1.33. The van der Waals surface area contributed by atoms with E-state index in [1.54, 1.807) is 24.5 Å². The zero-order valence-corrected chi connectivity index (χ0v) is 14.7. The number of carbonyl (C=O) groups excluding carboxylic acids is 2. The molecule has 5 nitrogen and oxygen atoms in total. The summed E-state index contributed by atoms with van der Waals surface area (Å²) in [6.07, 6.45) is 6.73. The molecule has 1 saturated heterocycles. The number of hydrogen-bond donors (Lipinski definition) is 1. The number of likely N-dealkylation sites (tertiary alicyclic amines) is 1. The Labute approximate surface area is 153 Å². The van der Waals surface area contributed by atoms with Crippen molar-refractivity contribution in [1.29, 1.82) is 0 Å². The smallest absolute Gasteiger partial charge is 0.253 e. The van der Waals surface area contributed by atoms with Crippen molar-refractivity contribution < 1.29 is 9.59 Å². The average Bonchev–Trinajstić information content (AvgIpc) is 3.13. The lowest BCUT2D eigenvalue weighted by molar-refractivity contribution is -0.133. The lowest BCUT2D eigenvalue weighted by Crippen LogP contribution is -2.47. The minimum absolute atomic E-state index is 0.00716. The lowest BCUT2D eigenvalue weighted by atomic mass is 9.97. The zero-order chi connectivity index (χ0) is 17.9. The van der Waals surface area contributed by atoms with Gasteiger partial charge in [0.1, 0.15) is 0 Å². The summed E-state index contributed by atoms with van der Waals surface area (Å²) >= 11 is 0. The molecule has 0 spiro atoms. The van der Waals surface area contributed by atoms with Gasteiger partial charge in [-0.15, -0.1) is 0 Å². The highest BCUT2D eigenvalue weighted by Crippen LogP contribution is 2.34. The maximum atomic E-state index is 12.9. The third-order valence-corrected chi connectivity index (χ3v) is 5.50. The quantitative estimate of drug-likeness (QED) is 0.926. The van der Waals surface area contributed by atoms with E-state index in [-0.39, 0.29) is 23.8 Å². The van der Waals surface area contributed by atoms with Crippen molar-refractivity contribution in [2.75, 3.05) is 13.1 Å². The first-order chi connectivity index (χ1) is 12.7. The molecule has 1 aromatic carbocycles. The van der Waals surface area contributed by atoms with Crippen molar-refractivity contribution >= 4 is 11.8 Å². The predicted octanol–water partition coefficient (Wildman–Crippen LogP) is 2.53. The fourth-order valence-corrected chi connectivity index (χ4v) is 4.04. The van der Waals surface area contributed by atoms with E-state index in [1.165, 1.54) is 11.1 Å². The van der Waals surface area contributed by atoms with Gasteiger partial charge in [0.05, 0.1) is 11.5 Å². The van der Waals surface area contributed by atoms with Crippen molar-refractivity contribution in [3.8, 4) is 0 Å². The van der Waals surface area contributed by atoms with Crippen molar-refractivity contribution in [3.05, 3.63) is 65.5 Å². The van der Waals surface area contributed by atoms with Crippen LogP contribution in [0, 0.1) is 0 Å². The van der Waals surface area contributed by atoms with Gasteiger partial charge < -0.3 is 10.2 Å². The molecule has 1 aliphatic heterocycles. The van der Waals surface area contributed by atoms with E-state index in [9.17, 15) is 9.59 Å². The summed E-state index contributed by atoms with van der Waals surface area (Å²) in [5.74, 6) is 0.160. The van der Waals surface area contributed by atoms with Crippen LogP contribution in [-0.2, 0) is 11.2 Å². The first kappa shape index (κ1) is 16.8. The Hall–Kier alpha value is -2.69. The molecule has 26 heavy (non-hydrogen) atoms. The number of nitrogens with one attached hydrogen (secondary N) is 1. The number of hydrogen-bond acceptors (Lipinski definition) is 3. The molecule has 0 bridgehead atoms. The van der Waals surface area contributed by atoms with E-state index in [2.05, 4.69) is 22.4 Å². The maximum Gasteiger partial charge on any atom is 0.253 e. The van der Waals surface area contributed by atoms with Gasteiger partial charge in [0.25, 0.3) is 5.91 Å². The summed E-state index contributed by atoms with van der Waals surface area (Å²) in [6.45, 7) is 1.41. The number of aromatic nitrogens is 1. The Morgan fingerprint density at radius 2 is 1.85 bits per heavy atom. The molecular formula is C21H23N3O2. The van der Waals surface area contributed by atoms with Gasteiger partial charge in [0.15, 0.2) is 0 Å². The molecule has 1 aromatic heterocycles. The largest absolute Gasteiger partial charge is 0.349 e. The fraction of sp³-hybridized carbons (Fsp3) is 0.381. The lowest BCUT2D eigenvalue weighted by Gasteiger charge is -2.34. The van der Waals surface area contributed by atoms with E-state index < -0.39 is 0 Å². The number of aryl methyl sites for hydroxylation is 1. The monoisotopic (exact) mass is 349 g/mol. The van der Waals surface area contributed by atoms with Gasteiger partial charge in [-0.1, -0.05) is 24.3 Å². The molecule has 0 radical (unpaired) electrons. The first-order valence-corrected chi connectivity index (χ1v) is 9.30. The second-order valence-corrected chi connectivity index (χ2v) is 7.10. The van der Waals surface area contributed by atoms with Gasteiger partial charge in [-0.2, -0.15) is 0 Å². The molecule has 2 heterocycles. The van der Waals surface area contributed by atoms with E-state index >= 15 is 0 Å². The maximum absolute atomic E-state index is 12.9. The van der Waals surface area contributed by atoms with Gasteiger partial charge in [0, 0.05) is 31.5 Å². The highest BCUT2D eigenvalue weighted by molar-refractivity contribution is 5.94. The molecule has 2 aromatic rings. The summed E-state index contributed by atoms with van der Waals surface area (Å²) in [5.41, 5.74) is 3.09. The topological polar surface area (TPSA) is 62.3 Å². The molecule has 134 valence electrons. The van der Waals surface area contributed by atoms with Crippen LogP contribution in [0.1, 0.15) is 46.7 Å². The van der Waals surface area contributed by atoms with Crippen LogP contribution in [0.3, 0.4) is 0 Å². The van der Waals surface area contributed by atoms with Crippen molar-refractivity contribution in [1.82, 2.24) is 15.2 Å². The molecule has 0 unspecified atom stereocenters. The van der Waals surface area contributed by atoms with Crippen molar-refractivity contribution in [3.63, 3.8) is 0 Å². The first-order valence-electron chi connectivity index (χ1n) is 9.30. The van der Waals surface area contributed by atoms with E-state index in [1.807, 2.05) is 17.0 Å². The van der Waals surface area contributed by atoms with E-state index in [0.717, 1.165) is 25.7 Å². The normalized spacial score (nSPS) is 19.8. The van der Waals surface area contributed by atoms with Crippen LogP contribution in [0.15, 0.2) is 48.8 Å². The van der Waals surface area contributed by atoms with E-state index in [4.69, 9.17) is 0 Å². The molecule has 2 aliphatic rings. The Kier molecular flexibility index (Phi) is 4.69. The van der Waals surface area contributed by atoms with Gasteiger partial charge in [-0.3, -0.25) is 14.6 Å². The van der Waals surface area contributed by atoms with Crippen LogP contribution in [-0.4, -0.2) is 40.8 Å². The summed E-state index contributed by atoms with van der Waals surface area (Å²) < 4.78 is 0. The standard InChI is InChI=1S/C21H23N3O2/c25-20(16-5-3-11-22-14-16)23-17-9-12-24(13-10-17)21(26)19-8-7-15-4-1-2-6-18(15)19/h1-6,11,14,17,19H,7-10,12-13H2,(H,23,25)/t19-/m1/s1. The summed E-state index contributed by atoms with van der Waals surface area (Å²) in [5, 5.41) is 3.06. The minimum Gasteiger partial charge on any atom is -0.349 e. The second-order valence-electron chi connectivity index (χ2n) is 7.10. The third kappa shape index (κ3) is 3.34. The van der Waals surface area contributed by atoms with Gasteiger partial charge >= 0.3 is 0 Å². The number of pyridine rings is 1. The van der Waals surface area contributed by atoms with Crippen LogP contribution in [0.4, 0.5) is 0 Å². The number of nitrogens with zero attached hydrogens (tertiary/aromatic N) is 2. The van der Waals surface area contributed by atoms with Crippen molar-refractivity contribution in [2.24, 2.45) is 0 Å². The Morgan fingerprint density at radius 1 is 1.04 bits per heavy atom. The fourth-order valence-electron chi connectivity index (χ4n) is 4.04. The van der Waals surface area contributed by atoms with Crippen molar-refractivity contribution in [2.45, 2.75) is 37.6 Å². The minimum atomic E-state index is -0.0902. The van der Waals surface area contributed by atoms with Crippen LogP contribution in [0.25, 0.3) is 0 Å². The van der Waals surface area contributed by atoms with Gasteiger partial charge in [-0.25, -0.2) is 0 Å². The SMILES string of the molecule is O=C(NC1CCN(C(=O)[C@@H]2CCc3ccccc32)CC1)c1cccnc1. The number of benzene rings is 1. The number of amides is 2. The number of rotatable bonds is 3. The number of piperidine rings is 1. The molecular weight excluding hydrogens is 326 g/mol.